The number of aryl methyl sites for hydroxylation is 1. The first-order chi connectivity index (χ1) is 12.1. The van der Waals surface area contributed by atoms with Gasteiger partial charge in [0.25, 0.3) is 11.1 Å². The molecule has 6 heteroatoms. The van der Waals surface area contributed by atoms with Crippen molar-refractivity contribution in [3.8, 4) is 0 Å². The van der Waals surface area contributed by atoms with Crippen molar-refractivity contribution in [2.45, 2.75) is 19.4 Å². The molecule has 25 heavy (non-hydrogen) atoms. The Labute approximate surface area is 144 Å². The normalized spacial score (nSPS) is 10.7. The minimum atomic E-state index is -0.382. The molecule has 0 saturated carbocycles. The summed E-state index contributed by atoms with van der Waals surface area (Å²) in [5, 5.41) is 5.86. The number of carbonyl (C=O) groups is 1. The number of fused-ring (bicyclic) bond motifs is 1. The van der Waals surface area contributed by atoms with E-state index in [0.29, 0.717) is 17.3 Å². The lowest BCUT2D eigenvalue weighted by atomic mass is 10.1. The quantitative estimate of drug-likeness (QED) is 0.668. The Morgan fingerprint density at radius 2 is 1.64 bits per heavy atom. The number of rotatable bonds is 6. The molecule has 0 spiro atoms. The molecule has 1 amide bonds. The maximum absolute atomic E-state index is 12.3. The van der Waals surface area contributed by atoms with Gasteiger partial charge in [0, 0.05) is 6.54 Å². The number of amides is 1. The first-order valence-corrected chi connectivity index (χ1v) is 8.17. The van der Waals surface area contributed by atoms with Gasteiger partial charge < -0.3 is 5.32 Å². The first-order valence-electron chi connectivity index (χ1n) is 8.17. The molecule has 128 valence electrons. The lowest BCUT2D eigenvalue weighted by Gasteiger charge is -2.08. The lowest BCUT2D eigenvalue weighted by molar-refractivity contribution is -0.121. The van der Waals surface area contributed by atoms with Gasteiger partial charge in [-0.1, -0.05) is 42.5 Å². The average molecular weight is 337 g/mol. The van der Waals surface area contributed by atoms with Crippen LogP contribution < -0.4 is 16.4 Å². The summed E-state index contributed by atoms with van der Waals surface area (Å²) in [6.45, 7) is 0.310. The zero-order valence-corrected chi connectivity index (χ0v) is 13.7. The fourth-order valence-corrected chi connectivity index (χ4v) is 2.72. The van der Waals surface area contributed by atoms with Crippen LogP contribution in [0, 0.1) is 0 Å². The van der Waals surface area contributed by atoms with Crippen LogP contribution >= 0.6 is 0 Å². The van der Waals surface area contributed by atoms with Crippen LogP contribution in [0.2, 0.25) is 0 Å². The summed E-state index contributed by atoms with van der Waals surface area (Å²) < 4.78 is 1.05. The van der Waals surface area contributed by atoms with E-state index in [-0.39, 0.29) is 23.6 Å². The van der Waals surface area contributed by atoms with Crippen molar-refractivity contribution in [2.24, 2.45) is 0 Å². The van der Waals surface area contributed by atoms with E-state index in [1.54, 1.807) is 24.3 Å². The Bertz CT molecular complexity index is 990. The second-order valence-corrected chi connectivity index (χ2v) is 5.82. The van der Waals surface area contributed by atoms with Gasteiger partial charge in [0.2, 0.25) is 5.91 Å². The topological polar surface area (TPSA) is 84.0 Å². The second kappa shape index (κ2) is 7.61. The molecule has 1 heterocycles. The molecule has 3 rings (SSSR count). The molecule has 2 N–H and O–H groups in total. The minimum absolute atomic E-state index is 0.204. The summed E-state index contributed by atoms with van der Waals surface area (Å²) >= 11 is 0. The molecule has 3 aromatic rings. The first kappa shape index (κ1) is 16.7. The highest BCUT2D eigenvalue weighted by Crippen LogP contribution is 2.03. The number of carbonyl (C=O) groups excluding carboxylic acids is 1. The lowest BCUT2D eigenvalue weighted by Crippen LogP contribution is -2.37. The fraction of sp³-hybridized carbons (Fsp3) is 0.211. The molecule has 0 bridgehead atoms. The molecule has 0 atom stereocenters. The van der Waals surface area contributed by atoms with Gasteiger partial charge in [-0.25, -0.2) is 4.68 Å². The Hall–Kier alpha value is -3.15. The SMILES string of the molecule is O=C(Cn1[nH]c(=O)c2ccccc2c1=O)NCCCc1ccccc1. The van der Waals surface area contributed by atoms with Crippen LogP contribution in [0.1, 0.15) is 12.0 Å². The highest BCUT2D eigenvalue weighted by molar-refractivity contribution is 5.81. The number of nitrogens with zero attached hydrogens (tertiary/aromatic N) is 1. The maximum atomic E-state index is 12.3. The third kappa shape index (κ3) is 4.03. The molecule has 0 fully saturated rings. The predicted octanol–water partition coefficient (Wildman–Crippen LogP) is 1.44. The number of hydrogen-bond acceptors (Lipinski definition) is 3. The summed E-state index contributed by atoms with van der Waals surface area (Å²) in [6, 6.07) is 16.6. The molecular weight excluding hydrogens is 318 g/mol. The van der Waals surface area contributed by atoms with E-state index in [2.05, 4.69) is 10.4 Å². The van der Waals surface area contributed by atoms with Gasteiger partial charge in [0.05, 0.1) is 10.8 Å². The zero-order valence-electron chi connectivity index (χ0n) is 13.7. The van der Waals surface area contributed by atoms with Gasteiger partial charge in [-0.15, -0.1) is 0 Å². The van der Waals surface area contributed by atoms with Gasteiger partial charge in [0.1, 0.15) is 6.54 Å². The van der Waals surface area contributed by atoms with Crippen molar-refractivity contribution in [3.63, 3.8) is 0 Å². The van der Waals surface area contributed by atoms with Crippen molar-refractivity contribution in [1.29, 1.82) is 0 Å². The van der Waals surface area contributed by atoms with Crippen LogP contribution in [0.3, 0.4) is 0 Å². The van der Waals surface area contributed by atoms with E-state index in [1.807, 2.05) is 30.3 Å². The Balaban J connectivity index is 1.60. The summed E-state index contributed by atoms with van der Waals surface area (Å²) in [4.78, 5) is 36.4. The van der Waals surface area contributed by atoms with Crippen molar-refractivity contribution in [3.05, 3.63) is 80.9 Å². The van der Waals surface area contributed by atoms with Crippen LogP contribution in [0.5, 0.6) is 0 Å². The molecule has 0 aliphatic carbocycles. The highest BCUT2D eigenvalue weighted by atomic mass is 16.2. The molecule has 0 radical (unpaired) electrons. The van der Waals surface area contributed by atoms with Gasteiger partial charge in [-0.3, -0.25) is 19.5 Å². The third-order valence-electron chi connectivity index (χ3n) is 3.99. The number of aromatic amines is 1. The molecule has 0 aliphatic heterocycles. The molecular formula is C19H19N3O3. The maximum Gasteiger partial charge on any atom is 0.273 e. The van der Waals surface area contributed by atoms with E-state index in [0.717, 1.165) is 17.5 Å². The summed E-state index contributed by atoms with van der Waals surface area (Å²) in [7, 11) is 0. The van der Waals surface area contributed by atoms with Crippen LogP contribution in [0.4, 0.5) is 0 Å². The van der Waals surface area contributed by atoms with Crippen LogP contribution in [0.15, 0.2) is 64.2 Å². The van der Waals surface area contributed by atoms with Crippen molar-refractivity contribution >= 4 is 16.7 Å². The van der Waals surface area contributed by atoms with E-state index >= 15 is 0 Å². The second-order valence-electron chi connectivity index (χ2n) is 5.82. The molecule has 0 aliphatic rings. The molecule has 2 aromatic carbocycles. The number of benzene rings is 2. The molecule has 1 aromatic heterocycles. The Kier molecular flexibility index (Phi) is 5.09. The van der Waals surface area contributed by atoms with Gasteiger partial charge >= 0.3 is 0 Å². The van der Waals surface area contributed by atoms with E-state index < -0.39 is 0 Å². The molecule has 0 saturated heterocycles. The summed E-state index contributed by atoms with van der Waals surface area (Å²) in [5.41, 5.74) is 0.452. The number of H-pyrrole nitrogens is 1. The van der Waals surface area contributed by atoms with Gasteiger partial charge in [-0.2, -0.15) is 0 Å². The monoisotopic (exact) mass is 337 g/mol. The third-order valence-corrected chi connectivity index (χ3v) is 3.99. The molecule has 0 unspecified atom stereocenters. The zero-order chi connectivity index (χ0) is 17.6. The van der Waals surface area contributed by atoms with E-state index in [1.165, 1.54) is 5.56 Å². The van der Waals surface area contributed by atoms with E-state index in [4.69, 9.17) is 0 Å². The minimum Gasteiger partial charge on any atom is -0.354 e. The Morgan fingerprint density at radius 1 is 0.960 bits per heavy atom. The van der Waals surface area contributed by atoms with Crippen molar-refractivity contribution in [2.75, 3.05) is 6.54 Å². The smallest absolute Gasteiger partial charge is 0.273 e. The van der Waals surface area contributed by atoms with Crippen molar-refractivity contribution in [1.82, 2.24) is 15.1 Å². The van der Waals surface area contributed by atoms with Crippen LogP contribution in [0.25, 0.3) is 10.8 Å². The standard InChI is InChI=1S/C19H19N3O3/c23-17(20-12-6-9-14-7-2-1-3-8-14)13-22-19(25)16-11-5-4-10-15(16)18(24)21-22/h1-5,7-8,10-11H,6,9,12-13H2,(H,20,23)(H,21,24). The number of aromatic nitrogens is 2. The number of nitrogens with one attached hydrogen (secondary N) is 2. The average Bonchev–Trinajstić information content (AvgIpc) is 2.64. The van der Waals surface area contributed by atoms with Crippen LogP contribution in [-0.4, -0.2) is 22.2 Å². The largest absolute Gasteiger partial charge is 0.354 e. The Morgan fingerprint density at radius 3 is 2.40 bits per heavy atom. The number of hydrogen-bond donors (Lipinski definition) is 2. The van der Waals surface area contributed by atoms with Crippen molar-refractivity contribution < 1.29 is 4.79 Å². The van der Waals surface area contributed by atoms with Gasteiger partial charge in [-0.05, 0) is 30.5 Å². The summed E-state index contributed by atoms with van der Waals surface area (Å²) in [5.74, 6) is -0.305. The van der Waals surface area contributed by atoms with Crippen LogP contribution in [-0.2, 0) is 17.8 Å². The molecule has 6 nitrogen and oxygen atoms in total. The highest BCUT2D eigenvalue weighted by Gasteiger charge is 2.09. The van der Waals surface area contributed by atoms with Gasteiger partial charge in [0.15, 0.2) is 0 Å². The fourth-order valence-electron chi connectivity index (χ4n) is 2.72. The predicted molar refractivity (Wildman–Crippen MR) is 96.6 cm³/mol. The summed E-state index contributed by atoms with van der Waals surface area (Å²) in [6.07, 6.45) is 1.67. The van der Waals surface area contributed by atoms with E-state index in [9.17, 15) is 14.4 Å².